The van der Waals surface area contributed by atoms with Crippen molar-refractivity contribution in [3.05, 3.63) is 36.2 Å². The molecule has 0 radical (unpaired) electrons. The van der Waals surface area contributed by atoms with Crippen LogP contribution in [0.5, 0.6) is 0 Å². The van der Waals surface area contributed by atoms with Crippen LogP contribution in [0.25, 0.3) is 10.8 Å². The van der Waals surface area contributed by atoms with E-state index in [2.05, 4.69) is 21.1 Å². The topological polar surface area (TPSA) is 139 Å². The van der Waals surface area contributed by atoms with Crippen molar-refractivity contribution in [1.29, 1.82) is 5.26 Å². The zero-order chi connectivity index (χ0) is 26.1. The Balaban J connectivity index is 0.000000303. The number of aromatic nitrogens is 1. The van der Waals surface area contributed by atoms with Gasteiger partial charge in [0, 0.05) is 43.0 Å². The monoisotopic (exact) mass is 495 g/mol. The normalized spacial score (nSPS) is 25.2. The maximum absolute atomic E-state index is 13.9. The van der Waals surface area contributed by atoms with Gasteiger partial charge in [0.25, 0.3) is 0 Å². The summed E-state index contributed by atoms with van der Waals surface area (Å²) in [6.07, 6.45) is -7.56. The lowest BCUT2D eigenvalue weighted by Crippen LogP contribution is -2.62. The summed E-state index contributed by atoms with van der Waals surface area (Å²) < 4.78 is 63.0. The van der Waals surface area contributed by atoms with Crippen molar-refractivity contribution in [3.8, 4) is 6.07 Å². The van der Waals surface area contributed by atoms with Crippen molar-refractivity contribution in [3.63, 3.8) is 0 Å². The van der Waals surface area contributed by atoms with Gasteiger partial charge in [-0.3, -0.25) is 0 Å². The number of hydrogen-bond donors (Lipinski definition) is 5. The first-order valence-corrected chi connectivity index (χ1v) is 10.0. The van der Waals surface area contributed by atoms with Crippen LogP contribution < -0.4 is 5.32 Å². The van der Waals surface area contributed by atoms with Crippen LogP contribution in [0.15, 0.2) is 30.5 Å². The number of halogens is 5. The molecule has 1 fully saturated rings. The molecule has 1 aliphatic rings. The van der Waals surface area contributed by atoms with Gasteiger partial charge in [0.1, 0.15) is 17.9 Å². The van der Waals surface area contributed by atoms with Crippen LogP contribution in [0, 0.1) is 11.3 Å². The van der Waals surface area contributed by atoms with E-state index in [1.807, 2.05) is 30.5 Å². The number of H-pyrrole nitrogens is 1. The van der Waals surface area contributed by atoms with Gasteiger partial charge in [-0.15, -0.1) is 0 Å². The zero-order valence-corrected chi connectivity index (χ0v) is 18.3. The lowest BCUT2D eigenvalue weighted by atomic mass is 9.91. The number of benzene rings is 1. The second-order valence-corrected chi connectivity index (χ2v) is 7.35. The van der Waals surface area contributed by atoms with Gasteiger partial charge >= 0.3 is 18.0 Å². The molecule has 1 aliphatic heterocycles. The number of carbonyl (C=O) groups is 1. The Bertz CT molecular complexity index is 958. The van der Waals surface area contributed by atoms with Crippen molar-refractivity contribution in [2.75, 3.05) is 13.7 Å². The van der Waals surface area contributed by atoms with Gasteiger partial charge in [-0.05, 0) is 13.5 Å². The van der Waals surface area contributed by atoms with Gasteiger partial charge in [-0.2, -0.15) is 22.8 Å². The van der Waals surface area contributed by atoms with E-state index in [0.717, 1.165) is 10.8 Å². The molecule has 0 saturated carbocycles. The Morgan fingerprint density at radius 3 is 2.50 bits per heavy atom. The van der Waals surface area contributed by atoms with Crippen LogP contribution in [-0.2, 0) is 9.53 Å². The first kappa shape index (κ1) is 29.2. The molecule has 3 rings (SSSR count). The summed E-state index contributed by atoms with van der Waals surface area (Å²) >= 11 is 0. The number of aliphatic hydroxyl groups is 2. The van der Waals surface area contributed by atoms with Crippen LogP contribution >= 0.6 is 0 Å². The van der Waals surface area contributed by atoms with E-state index in [1.54, 1.807) is 0 Å². The molecule has 13 heteroatoms. The average Bonchev–Trinajstić information content (AvgIpc) is 3.18. The van der Waals surface area contributed by atoms with Crippen molar-refractivity contribution in [1.82, 2.24) is 10.3 Å². The number of nitrogens with one attached hydrogen (secondary N) is 2. The summed E-state index contributed by atoms with van der Waals surface area (Å²) in [7, 11) is 1.46. The molecule has 0 bridgehead atoms. The third-order valence-corrected chi connectivity index (χ3v) is 4.75. The maximum atomic E-state index is 13.9. The summed E-state index contributed by atoms with van der Waals surface area (Å²) in [5.41, 5.74) is 0.639. The fourth-order valence-electron chi connectivity index (χ4n) is 3.14. The van der Waals surface area contributed by atoms with Crippen LogP contribution in [0.4, 0.5) is 22.0 Å². The number of aromatic amines is 1. The largest absolute Gasteiger partial charge is 0.477 e. The number of alkyl halides is 5. The number of likely N-dealkylation sites (N-methyl/N-ethyl adjacent to an activating group) is 1. The van der Waals surface area contributed by atoms with Crippen LogP contribution in [-0.4, -0.2) is 76.4 Å². The number of carboxylic acids is 1. The number of carboxylic acid groups (broad SMARTS) is 1. The molecule has 34 heavy (non-hydrogen) atoms. The van der Waals surface area contributed by atoms with Gasteiger partial charge in [0.05, 0.1) is 6.10 Å². The summed E-state index contributed by atoms with van der Waals surface area (Å²) in [4.78, 5) is 13.6. The van der Waals surface area contributed by atoms with E-state index >= 15 is 0 Å². The summed E-state index contributed by atoms with van der Waals surface area (Å²) in [6.45, 7) is -0.185. The summed E-state index contributed by atoms with van der Waals surface area (Å²) in [6, 6.07) is 9.16. The highest BCUT2D eigenvalue weighted by molar-refractivity contribution is 5.87. The fourth-order valence-corrected chi connectivity index (χ4v) is 3.14. The van der Waals surface area contributed by atoms with Crippen molar-refractivity contribution in [2.24, 2.45) is 0 Å². The number of hydrogen-bond acceptors (Lipinski definition) is 6. The van der Waals surface area contributed by atoms with E-state index in [1.165, 1.54) is 7.05 Å². The second-order valence-electron chi connectivity index (χ2n) is 7.35. The molecule has 2 aromatic rings. The predicted octanol–water partition coefficient (Wildman–Crippen LogP) is 2.80. The molecule has 5 N–H and O–H groups in total. The summed E-state index contributed by atoms with van der Waals surface area (Å²) in [5, 5.41) is 40.4. The number of aliphatic hydroxyl groups excluding tert-OH is 2. The third kappa shape index (κ3) is 8.21. The van der Waals surface area contributed by atoms with Gasteiger partial charge in [-0.1, -0.05) is 24.3 Å². The SMILES string of the molecule is CC(F)(F)F.CNC1CC(F)C(F)(C(=O)O)OC1C(O)CCO.N#Cc1[nH]cc2ccccc12. The van der Waals surface area contributed by atoms with Crippen LogP contribution in [0.1, 0.15) is 25.5 Å². The Kier molecular flexibility index (Phi) is 10.8. The number of aliphatic carboxylic acids is 1. The molecule has 0 amide bonds. The maximum Gasteiger partial charge on any atom is 0.386 e. The molecular weight excluding hydrogens is 469 g/mol. The van der Waals surface area contributed by atoms with Crippen LogP contribution in [0.3, 0.4) is 0 Å². The third-order valence-electron chi connectivity index (χ3n) is 4.75. The molecular formula is C21H26F5N3O5. The summed E-state index contributed by atoms with van der Waals surface area (Å²) in [5.74, 6) is -5.53. The standard InChI is InChI=1S/C10H17F2NO5.C9H6N2.C2H3F3/c1-13-5-4-7(11)10(12,9(16)17)18-8(5)6(15)2-3-14;10-5-9-8-4-2-1-3-7(8)6-11-9;1-2(3,4)5/h5-8,13-15H,2-4H2,1H3,(H,16,17);1-4,6,11H;1H3. The van der Waals surface area contributed by atoms with E-state index in [9.17, 15) is 31.9 Å². The first-order valence-electron chi connectivity index (χ1n) is 10.0. The molecule has 8 nitrogen and oxygen atoms in total. The zero-order valence-electron chi connectivity index (χ0n) is 18.3. The lowest BCUT2D eigenvalue weighted by Gasteiger charge is -2.41. The van der Waals surface area contributed by atoms with Crippen molar-refractivity contribution >= 4 is 16.7 Å². The molecule has 2 heterocycles. The highest BCUT2D eigenvalue weighted by atomic mass is 19.4. The minimum absolute atomic E-state index is 0.116. The first-order chi connectivity index (χ1) is 15.8. The van der Waals surface area contributed by atoms with E-state index < -0.39 is 48.8 Å². The number of rotatable bonds is 5. The number of fused-ring (bicyclic) bond motifs is 1. The Morgan fingerprint density at radius 1 is 1.41 bits per heavy atom. The molecule has 190 valence electrons. The Morgan fingerprint density at radius 2 is 2.00 bits per heavy atom. The predicted molar refractivity (Wildman–Crippen MR) is 111 cm³/mol. The van der Waals surface area contributed by atoms with E-state index in [0.29, 0.717) is 5.69 Å². The molecule has 1 saturated heterocycles. The van der Waals surface area contributed by atoms with E-state index in [4.69, 9.17) is 15.5 Å². The van der Waals surface area contributed by atoms with Crippen LogP contribution in [0.2, 0.25) is 0 Å². The van der Waals surface area contributed by atoms with Gasteiger partial charge in [-0.25, -0.2) is 9.18 Å². The molecule has 1 aromatic heterocycles. The minimum atomic E-state index is -4.00. The van der Waals surface area contributed by atoms with Crippen molar-refractivity contribution in [2.45, 2.75) is 56.2 Å². The number of nitriles is 1. The molecule has 5 atom stereocenters. The smallest absolute Gasteiger partial charge is 0.386 e. The van der Waals surface area contributed by atoms with E-state index in [-0.39, 0.29) is 20.0 Å². The Hall–Kier alpha value is -2.79. The second kappa shape index (κ2) is 12.6. The Labute approximate surface area is 192 Å². The highest BCUT2D eigenvalue weighted by Crippen LogP contribution is 2.35. The number of ether oxygens (including phenoxy) is 1. The quantitative estimate of drug-likeness (QED) is 0.402. The molecule has 1 aromatic carbocycles. The van der Waals surface area contributed by atoms with Gasteiger partial charge < -0.3 is 30.4 Å². The lowest BCUT2D eigenvalue weighted by molar-refractivity contribution is -0.266. The fraction of sp³-hybridized carbons (Fsp3) is 0.524. The molecule has 0 spiro atoms. The molecule has 0 aliphatic carbocycles. The number of nitrogens with zero attached hydrogens (tertiary/aromatic N) is 1. The molecule has 5 unspecified atom stereocenters. The highest BCUT2D eigenvalue weighted by Gasteiger charge is 2.57. The van der Waals surface area contributed by atoms with Gasteiger partial charge in [0.15, 0.2) is 6.17 Å². The van der Waals surface area contributed by atoms with Gasteiger partial charge in [0.2, 0.25) is 0 Å². The average molecular weight is 495 g/mol. The minimum Gasteiger partial charge on any atom is -0.477 e. The van der Waals surface area contributed by atoms with Crippen molar-refractivity contribution < 1.29 is 46.8 Å².